The maximum absolute atomic E-state index is 12.2. The monoisotopic (exact) mass is 333 g/mol. The Hall–Kier alpha value is -1.15. The molecule has 1 atom stereocenters. The van der Waals surface area contributed by atoms with Gasteiger partial charge in [-0.05, 0) is 31.0 Å². The van der Waals surface area contributed by atoms with Crippen molar-refractivity contribution < 1.29 is 13.2 Å². The minimum Gasteiger partial charge on any atom is -0.355 e. The molecule has 0 aliphatic carbocycles. The molecule has 0 heterocycles. The average molecular weight is 334 g/mol. The number of hydrogen-bond donors (Lipinski definition) is 3. The molecule has 0 saturated heterocycles. The van der Waals surface area contributed by atoms with Crippen LogP contribution in [0.4, 0.5) is 0 Å². The molecule has 21 heavy (non-hydrogen) atoms. The summed E-state index contributed by atoms with van der Waals surface area (Å²) in [5.41, 5.74) is 6.13. The molecule has 8 heteroatoms. The lowest BCUT2D eigenvalue weighted by Crippen LogP contribution is -2.44. The highest BCUT2D eigenvalue weighted by molar-refractivity contribution is 7.89. The zero-order chi connectivity index (χ0) is 16.0. The first-order chi connectivity index (χ1) is 9.81. The summed E-state index contributed by atoms with van der Waals surface area (Å²) in [7, 11) is -3.81. The van der Waals surface area contributed by atoms with E-state index in [-0.39, 0.29) is 22.4 Å². The molecule has 0 fully saturated rings. The number of rotatable bonds is 7. The van der Waals surface area contributed by atoms with Crippen molar-refractivity contribution in [2.45, 2.75) is 37.8 Å². The second-order valence-electron chi connectivity index (χ2n) is 4.59. The van der Waals surface area contributed by atoms with E-state index in [1.165, 1.54) is 19.1 Å². The minimum atomic E-state index is -3.81. The molecule has 0 aliphatic heterocycles. The highest BCUT2D eigenvalue weighted by Crippen LogP contribution is 2.20. The summed E-state index contributed by atoms with van der Waals surface area (Å²) in [6.45, 7) is 4.12. The Morgan fingerprint density at radius 2 is 2.10 bits per heavy atom. The second kappa shape index (κ2) is 7.74. The van der Waals surface area contributed by atoms with Crippen molar-refractivity contribution >= 4 is 27.5 Å². The zero-order valence-electron chi connectivity index (χ0n) is 12.0. The van der Waals surface area contributed by atoms with Crippen LogP contribution in [0.15, 0.2) is 23.1 Å². The Morgan fingerprint density at radius 3 is 2.62 bits per heavy atom. The fraction of sp³-hybridized carbons (Fsp3) is 0.462. The molecule has 0 aliphatic rings. The summed E-state index contributed by atoms with van der Waals surface area (Å²) in [6, 6.07) is 3.42. The summed E-state index contributed by atoms with van der Waals surface area (Å²) in [6.07, 6.45) is 0.779. The van der Waals surface area contributed by atoms with Gasteiger partial charge in [0.1, 0.15) is 0 Å². The lowest BCUT2D eigenvalue weighted by Gasteiger charge is -2.14. The Kier molecular flexibility index (Phi) is 6.60. The van der Waals surface area contributed by atoms with E-state index in [4.69, 9.17) is 17.3 Å². The number of carbonyl (C=O) groups excluding carboxylic acids is 1. The van der Waals surface area contributed by atoms with Crippen LogP contribution in [0.2, 0.25) is 5.02 Å². The summed E-state index contributed by atoms with van der Waals surface area (Å²) in [5.74, 6) is -0.370. The molecular formula is C13H20ClN3O3S. The Balaban J connectivity index is 2.86. The maximum atomic E-state index is 12.2. The SMILES string of the molecule is CCCNC(=O)C(C)NS(=O)(=O)c1ccc(CN)c(Cl)c1. The normalized spacial score (nSPS) is 13.0. The predicted octanol–water partition coefficient (Wildman–Crippen LogP) is 0.992. The molecular weight excluding hydrogens is 314 g/mol. The standard InChI is InChI=1S/C13H20ClN3O3S/c1-3-6-16-13(18)9(2)17-21(19,20)11-5-4-10(8-15)12(14)7-11/h4-5,7,9,17H,3,6,8,15H2,1-2H3,(H,16,18). The average Bonchev–Trinajstić information content (AvgIpc) is 2.44. The molecule has 0 saturated carbocycles. The first-order valence-electron chi connectivity index (χ1n) is 6.60. The summed E-state index contributed by atoms with van der Waals surface area (Å²) < 4.78 is 26.7. The molecule has 0 spiro atoms. The van der Waals surface area contributed by atoms with E-state index in [9.17, 15) is 13.2 Å². The Bertz CT molecular complexity index is 605. The van der Waals surface area contributed by atoms with Gasteiger partial charge >= 0.3 is 0 Å². The number of amides is 1. The molecule has 4 N–H and O–H groups in total. The third-order valence-electron chi connectivity index (χ3n) is 2.83. The van der Waals surface area contributed by atoms with Crippen LogP contribution < -0.4 is 15.8 Å². The van der Waals surface area contributed by atoms with Crippen molar-refractivity contribution in [3.8, 4) is 0 Å². The number of carbonyl (C=O) groups is 1. The van der Waals surface area contributed by atoms with Crippen molar-refractivity contribution in [2.75, 3.05) is 6.54 Å². The van der Waals surface area contributed by atoms with Gasteiger partial charge in [-0.2, -0.15) is 4.72 Å². The van der Waals surface area contributed by atoms with E-state index >= 15 is 0 Å². The molecule has 0 radical (unpaired) electrons. The molecule has 1 aromatic carbocycles. The van der Waals surface area contributed by atoms with Crippen molar-refractivity contribution in [2.24, 2.45) is 5.73 Å². The van der Waals surface area contributed by atoms with Crippen molar-refractivity contribution in [1.29, 1.82) is 0 Å². The summed E-state index contributed by atoms with van der Waals surface area (Å²) >= 11 is 5.95. The van der Waals surface area contributed by atoms with Gasteiger partial charge in [-0.3, -0.25) is 4.79 Å². The van der Waals surface area contributed by atoms with E-state index in [1.54, 1.807) is 6.07 Å². The number of hydrogen-bond acceptors (Lipinski definition) is 4. The molecule has 1 aromatic rings. The third kappa shape index (κ3) is 4.96. The maximum Gasteiger partial charge on any atom is 0.241 e. The molecule has 6 nitrogen and oxygen atoms in total. The highest BCUT2D eigenvalue weighted by Gasteiger charge is 2.22. The first-order valence-corrected chi connectivity index (χ1v) is 8.46. The fourth-order valence-electron chi connectivity index (χ4n) is 1.62. The number of sulfonamides is 1. The van der Waals surface area contributed by atoms with Gasteiger partial charge in [0, 0.05) is 18.1 Å². The van der Waals surface area contributed by atoms with Gasteiger partial charge in [-0.15, -0.1) is 0 Å². The lowest BCUT2D eigenvalue weighted by atomic mass is 10.2. The fourth-order valence-corrected chi connectivity index (χ4v) is 3.17. The predicted molar refractivity (Wildman–Crippen MR) is 82.4 cm³/mol. The smallest absolute Gasteiger partial charge is 0.241 e. The Morgan fingerprint density at radius 1 is 1.43 bits per heavy atom. The van der Waals surface area contributed by atoms with E-state index in [0.29, 0.717) is 12.1 Å². The molecule has 0 bridgehead atoms. The topological polar surface area (TPSA) is 101 Å². The number of nitrogens with two attached hydrogens (primary N) is 1. The molecule has 1 rings (SSSR count). The molecule has 118 valence electrons. The number of benzene rings is 1. The van der Waals surface area contributed by atoms with Crippen LogP contribution in [-0.4, -0.2) is 26.9 Å². The van der Waals surface area contributed by atoms with E-state index in [2.05, 4.69) is 10.0 Å². The van der Waals surface area contributed by atoms with Crippen LogP contribution >= 0.6 is 11.6 Å². The highest BCUT2D eigenvalue weighted by atomic mass is 35.5. The van der Waals surface area contributed by atoms with E-state index < -0.39 is 16.1 Å². The van der Waals surface area contributed by atoms with Gasteiger partial charge in [-0.25, -0.2) is 8.42 Å². The molecule has 0 aromatic heterocycles. The molecule has 1 amide bonds. The minimum absolute atomic E-state index is 0.000147. The van der Waals surface area contributed by atoms with Crippen LogP contribution in [0.3, 0.4) is 0 Å². The van der Waals surface area contributed by atoms with E-state index in [0.717, 1.165) is 6.42 Å². The molecule has 1 unspecified atom stereocenters. The van der Waals surface area contributed by atoms with Crippen LogP contribution in [0, 0.1) is 0 Å². The lowest BCUT2D eigenvalue weighted by molar-refractivity contribution is -0.122. The van der Waals surface area contributed by atoms with Crippen molar-refractivity contribution in [3.63, 3.8) is 0 Å². The first kappa shape index (κ1) is 17.9. The van der Waals surface area contributed by atoms with Crippen LogP contribution in [0.5, 0.6) is 0 Å². The summed E-state index contributed by atoms with van der Waals surface area (Å²) in [4.78, 5) is 11.7. The van der Waals surface area contributed by atoms with Gasteiger partial charge in [0.2, 0.25) is 15.9 Å². The van der Waals surface area contributed by atoms with Crippen molar-refractivity contribution in [3.05, 3.63) is 28.8 Å². The van der Waals surface area contributed by atoms with Crippen LogP contribution in [0.25, 0.3) is 0 Å². The van der Waals surface area contributed by atoms with Gasteiger partial charge in [0.15, 0.2) is 0 Å². The van der Waals surface area contributed by atoms with Crippen LogP contribution in [0.1, 0.15) is 25.8 Å². The number of halogens is 1. The van der Waals surface area contributed by atoms with Crippen LogP contribution in [-0.2, 0) is 21.4 Å². The third-order valence-corrected chi connectivity index (χ3v) is 4.72. The van der Waals surface area contributed by atoms with E-state index in [1.807, 2.05) is 6.92 Å². The van der Waals surface area contributed by atoms with Gasteiger partial charge in [-0.1, -0.05) is 24.6 Å². The second-order valence-corrected chi connectivity index (χ2v) is 6.71. The van der Waals surface area contributed by atoms with Crippen molar-refractivity contribution in [1.82, 2.24) is 10.0 Å². The van der Waals surface area contributed by atoms with Gasteiger partial charge in [0.25, 0.3) is 0 Å². The van der Waals surface area contributed by atoms with Gasteiger partial charge in [0.05, 0.1) is 10.9 Å². The van der Waals surface area contributed by atoms with Gasteiger partial charge < -0.3 is 11.1 Å². The largest absolute Gasteiger partial charge is 0.355 e. The summed E-state index contributed by atoms with van der Waals surface area (Å²) in [5, 5.41) is 2.91. The Labute approximate surface area is 130 Å². The number of nitrogens with one attached hydrogen (secondary N) is 2. The zero-order valence-corrected chi connectivity index (χ0v) is 13.6. The quantitative estimate of drug-likeness (QED) is 0.692.